The molecule has 11 heteroatoms. The van der Waals surface area contributed by atoms with Gasteiger partial charge in [0.1, 0.15) is 6.61 Å². The lowest BCUT2D eigenvalue weighted by Crippen LogP contribution is -2.38. The Balaban J connectivity index is 2.02. The second-order valence-corrected chi connectivity index (χ2v) is 17.1. The summed E-state index contributed by atoms with van der Waals surface area (Å²) in [7, 11) is -7.96. The molecule has 0 unspecified atom stereocenters. The third-order valence-electron chi connectivity index (χ3n) is 7.64. The predicted molar refractivity (Wildman–Crippen MR) is 183 cm³/mol. The molecule has 0 amide bonds. The van der Waals surface area contributed by atoms with Crippen molar-refractivity contribution < 1.29 is 26.3 Å². The van der Waals surface area contributed by atoms with E-state index in [0.29, 0.717) is 15.9 Å². The summed E-state index contributed by atoms with van der Waals surface area (Å²) in [5, 5.41) is 4.50. The highest BCUT2D eigenvalue weighted by atomic mass is 32.3. The lowest BCUT2D eigenvalue weighted by atomic mass is 9.87. The van der Waals surface area contributed by atoms with Crippen LogP contribution in [0.5, 0.6) is 5.88 Å². The van der Waals surface area contributed by atoms with Gasteiger partial charge in [0.25, 0.3) is 20.0 Å². The first-order chi connectivity index (χ1) is 21.4. The fourth-order valence-electron chi connectivity index (χ4n) is 4.92. The van der Waals surface area contributed by atoms with Crippen LogP contribution in [0, 0.1) is 6.92 Å². The number of rotatable bonds is 11. The number of aryl methyl sites for hydroxylation is 2. The molecule has 4 aromatic rings. The summed E-state index contributed by atoms with van der Waals surface area (Å²) in [6, 6.07) is 19.9. The van der Waals surface area contributed by atoms with Gasteiger partial charge in [-0.05, 0) is 65.6 Å². The zero-order valence-electron chi connectivity index (χ0n) is 28.2. The van der Waals surface area contributed by atoms with Gasteiger partial charge >= 0.3 is 0 Å². The third-order valence-corrected chi connectivity index (χ3v) is 11.8. The van der Waals surface area contributed by atoms with E-state index in [1.54, 1.807) is 36.4 Å². The maximum absolute atomic E-state index is 14.7. The molecule has 0 fully saturated rings. The van der Waals surface area contributed by atoms with Gasteiger partial charge in [-0.25, -0.2) is 4.68 Å². The van der Waals surface area contributed by atoms with Crippen molar-refractivity contribution in [3.63, 3.8) is 0 Å². The fourth-order valence-corrected chi connectivity index (χ4v) is 8.69. The highest BCUT2D eigenvalue weighted by Gasteiger charge is 2.42. The Hall–Kier alpha value is -3.67. The molecule has 1 heterocycles. The summed E-state index contributed by atoms with van der Waals surface area (Å²) < 4.78 is 71.9. The summed E-state index contributed by atoms with van der Waals surface area (Å²) in [6.45, 7) is 16.8. The maximum Gasteiger partial charge on any atom is 0.279 e. The fraction of sp³-hybridized carbons (Fsp3) is 0.400. The number of benzene rings is 3. The average Bonchev–Trinajstić information content (AvgIpc) is 3.29. The number of anilines is 1. The molecule has 0 atom stereocenters. The van der Waals surface area contributed by atoms with Gasteiger partial charge < -0.3 is 9.47 Å². The number of nitrogens with zero attached hydrogens (tertiary/aromatic N) is 3. The van der Waals surface area contributed by atoms with E-state index < -0.39 is 20.0 Å². The van der Waals surface area contributed by atoms with E-state index >= 15 is 0 Å². The summed E-state index contributed by atoms with van der Waals surface area (Å²) in [5.41, 5.74) is 3.08. The average molecular weight is 668 g/mol. The van der Waals surface area contributed by atoms with Gasteiger partial charge in [-0.2, -0.15) is 16.8 Å². The Morgan fingerprint density at radius 1 is 0.717 bits per heavy atom. The van der Waals surface area contributed by atoms with Crippen LogP contribution in [0.1, 0.15) is 65.2 Å². The van der Waals surface area contributed by atoms with Gasteiger partial charge in [0.15, 0.2) is 5.82 Å². The van der Waals surface area contributed by atoms with Gasteiger partial charge in [0.2, 0.25) is 5.88 Å². The summed E-state index contributed by atoms with van der Waals surface area (Å²) in [6.07, 6.45) is 0. The van der Waals surface area contributed by atoms with E-state index in [-0.39, 0.29) is 51.1 Å². The molecule has 0 aliphatic rings. The highest BCUT2D eigenvalue weighted by Crippen LogP contribution is 2.43. The first kappa shape index (κ1) is 35.2. The lowest BCUT2D eigenvalue weighted by Gasteiger charge is -2.26. The SMILES string of the molecule is CCOCCOc1nn(C)c(N(S(=O)(=O)c2ccc(C(C)(C)C)cc2)S(=O)(=O)c2ccc(C(C)(C)C)cc2)c1-c1ccc(C)cc1. The Kier molecular flexibility index (Phi) is 10.1. The second kappa shape index (κ2) is 13.2. The third kappa shape index (κ3) is 7.32. The van der Waals surface area contributed by atoms with Crippen LogP contribution < -0.4 is 8.45 Å². The van der Waals surface area contributed by atoms with Crippen LogP contribution in [0.25, 0.3) is 11.1 Å². The van der Waals surface area contributed by atoms with Gasteiger partial charge in [-0.15, -0.1) is 8.81 Å². The first-order valence-electron chi connectivity index (χ1n) is 15.2. The van der Waals surface area contributed by atoms with Crippen molar-refractivity contribution in [3.8, 4) is 17.0 Å². The molecule has 0 aliphatic heterocycles. The van der Waals surface area contributed by atoms with Crippen molar-refractivity contribution in [2.75, 3.05) is 23.5 Å². The first-order valence-corrected chi connectivity index (χ1v) is 18.1. The van der Waals surface area contributed by atoms with Crippen LogP contribution in [-0.2, 0) is 42.7 Å². The Morgan fingerprint density at radius 2 is 1.17 bits per heavy atom. The van der Waals surface area contributed by atoms with Gasteiger partial charge in [0, 0.05) is 13.7 Å². The largest absolute Gasteiger partial charge is 0.474 e. The molecule has 0 saturated carbocycles. The van der Waals surface area contributed by atoms with Crippen molar-refractivity contribution >= 4 is 25.9 Å². The van der Waals surface area contributed by atoms with Gasteiger partial charge in [-0.3, -0.25) is 0 Å². The number of aromatic nitrogens is 2. The zero-order chi connectivity index (χ0) is 34.1. The molecule has 0 radical (unpaired) electrons. The molecule has 46 heavy (non-hydrogen) atoms. The van der Waals surface area contributed by atoms with Gasteiger partial charge in [-0.1, -0.05) is 95.6 Å². The van der Waals surface area contributed by atoms with Crippen molar-refractivity contribution in [3.05, 3.63) is 89.5 Å². The topological polar surface area (TPSA) is 108 Å². The van der Waals surface area contributed by atoms with E-state index in [4.69, 9.17) is 9.47 Å². The maximum atomic E-state index is 14.7. The number of hydrogen-bond donors (Lipinski definition) is 0. The molecular weight excluding hydrogens is 623 g/mol. The molecular formula is C35H45N3O6S2. The van der Waals surface area contributed by atoms with Gasteiger partial charge in [0.05, 0.1) is 22.0 Å². The predicted octanol–water partition coefficient (Wildman–Crippen LogP) is 6.99. The molecule has 248 valence electrons. The number of ether oxygens (including phenoxy) is 2. The van der Waals surface area contributed by atoms with E-state index in [9.17, 15) is 16.8 Å². The molecule has 4 rings (SSSR count). The van der Waals surface area contributed by atoms with E-state index in [1.807, 2.05) is 67.5 Å². The molecule has 9 nitrogen and oxygen atoms in total. The minimum Gasteiger partial charge on any atom is -0.474 e. The number of sulfonamides is 2. The molecule has 0 bridgehead atoms. The van der Waals surface area contributed by atoms with Crippen LogP contribution in [0.15, 0.2) is 82.6 Å². The van der Waals surface area contributed by atoms with E-state index in [1.165, 1.54) is 36.0 Å². The van der Waals surface area contributed by atoms with Crippen molar-refractivity contribution in [1.82, 2.24) is 9.78 Å². The summed E-state index contributed by atoms with van der Waals surface area (Å²) in [5.74, 6) is -0.0855. The smallest absolute Gasteiger partial charge is 0.279 e. The van der Waals surface area contributed by atoms with E-state index in [2.05, 4.69) is 5.10 Å². The number of hydrogen-bond acceptors (Lipinski definition) is 7. The minimum atomic E-state index is -4.73. The minimum absolute atomic E-state index is 0.0858. The zero-order valence-corrected chi connectivity index (χ0v) is 29.8. The van der Waals surface area contributed by atoms with Crippen LogP contribution in [0.2, 0.25) is 0 Å². The normalized spacial score (nSPS) is 12.7. The van der Waals surface area contributed by atoms with Crippen molar-refractivity contribution in [2.45, 2.75) is 76.0 Å². The van der Waals surface area contributed by atoms with E-state index in [0.717, 1.165) is 16.7 Å². The van der Waals surface area contributed by atoms with Crippen LogP contribution in [0.3, 0.4) is 0 Å². The Morgan fingerprint density at radius 3 is 1.59 bits per heavy atom. The molecule has 0 N–H and O–H groups in total. The van der Waals surface area contributed by atoms with Crippen LogP contribution in [-0.4, -0.2) is 46.4 Å². The molecule has 0 spiro atoms. The standard InChI is InChI=1S/C35H45N3O6S2/c1-10-43-23-24-44-32-31(26-13-11-25(2)12-14-26)33(37(9)36-32)38(45(39,40)29-19-15-27(16-20-29)34(3,4)5)46(41,42)30-21-17-28(18-22-30)35(6,7)8/h11-22H,10,23-24H2,1-9H3. The monoisotopic (exact) mass is 667 g/mol. The Bertz CT molecular complexity index is 1780. The van der Waals surface area contributed by atoms with Crippen molar-refractivity contribution in [2.24, 2.45) is 7.05 Å². The molecule has 0 aliphatic carbocycles. The second-order valence-electron chi connectivity index (χ2n) is 13.3. The molecule has 0 saturated heterocycles. The molecule has 3 aromatic carbocycles. The highest BCUT2D eigenvalue weighted by molar-refractivity contribution is 8.10. The van der Waals surface area contributed by atoms with Crippen LogP contribution >= 0.6 is 0 Å². The Labute approximate surface area is 274 Å². The quantitative estimate of drug-likeness (QED) is 0.159. The summed E-state index contributed by atoms with van der Waals surface area (Å²) >= 11 is 0. The lowest BCUT2D eigenvalue weighted by molar-refractivity contribution is 0.108. The summed E-state index contributed by atoms with van der Waals surface area (Å²) in [4.78, 5) is -0.351. The van der Waals surface area contributed by atoms with Crippen LogP contribution in [0.4, 0.5) is 5.82 Å². The van der Waals surface area contributed by atoms with Crippen molar-refractivity contribution in [1.29, 1.82) is 0 Å². The molecule has 1 aromatic heterocycles.